The molecule has 0 radical (unpaired) electrons. The summed E-state index contributed by atoms with van der Waals surface area (Å²) in [6.07, 6.45) is 0.217. The summed E-state index contributed by atoms with van der Waals surface area (Å²) < 4.78 is 5.28. The van der Waals surface area contributed by atoms with Crippen molar-refractivity contribution in [1.82, 2.24) is 10.2 Å². The van der Waals surface area contributed by atoms with Crippen LogP contribution in [0.4, 0.5) is 0 Å². The fourth-order valence-corrected chi connectivity index (χ4v) is 3.03. The second-order valence-electron chi connectivity index (χ2n) is 5.97. The summed E-state index contributed by atoms with van der Waals surface area (Å²) in [7, 11) is 5.60. The molecule has 0 aliphatic carbocycles. The van der Waals surface area contributed by atoms with Crippen LogP contribution >= 0.6 is 23.2 Å². The van der Waals surface area contributed by atoms with Gasteiger partial charge in [-0.05, 0) is 49.5 Å². The largest absolute Gasteiger partial charge is 0.497 e. The zero-order valence-corrected chi connectivity index (χ0v) is 16.1. The number of rotatable bonds is 7. The lowest BCUT2D eigenvalue weighted by atomic mass is 10.1. The summed E-state index contributed by atoms with van der Waals surface area (Å²) in [6.45, 7) is 0.490. The molecule has 0 aliphatic heterocycles. The fraction of sp³-hybridized carbons (Fsp3) is 0.316. The first-order chi connectivity index (χ1) is 11.9. The van der Waals surface area contributed by atoms with Crippen molar-refractivity contribution in [2.24, 2.45) is 0 Å². The van der Waals surface area contributed by atoms with Crippen LogP contribution in [0.5, 0.6) is 5.75 Å². The number of nitrogens with zero attached hydrogens (tertiary/aromatic N) is 1. The maximum Gasteiger partial charge on any atom is 0.224 e. The lowest BCUT2D eigenvalue weighted by molar-refractivity contribution is -0.120. The molecule has 2 aromatic carbocycles. The third-order valence-electron chi connectivity index (χ3n) is 3.96. The van der Waals surface area contributed by atoms with Gasteiger partial charge in [-0.2, -0.15) is 0 Å². The van der Waals surface area contributed by atoms with Crippen molar-refractivity contribution in [1.29, 1.82) is 0 Å². The highest BCUT2D eigenvalue weighted by Gasteiger charge is 2.16. The van der Waals surface area contributed by atoms with Gasteiger partial charge in [0.15, 0.2) is 0 Å². The molecule has 0 aromatic heterocycles. The van der Waals surface area contributed by atoms with Crippen LogP contribution < -0.4 is 10.1 Å². The molecule has 6 heteroatoms. The summed E-state index contributed by atoms with van der Waals surface area (Å²) in [5.74, 6) is 0.711. The molecule has 134 valence electrons. The minimum absolute atomic E-state index is 0.0414. The molecule has 1 amide bonds. The average molecular weight is 381 g/mol. The van der Waals surface area contributed by atoms with Gasteiger partial charge in [0.2, 0.25) is 5.91 Å². The Kier molecular flexibility index (Phi) is 7.12. The lowest BCUT2D eigenvalue weighted by Crippen LogP contribution is -2.35. The Morgan fingerprint density at radius 2 is 1.96 bits per heavy atom. The number of ether oxygens (including phenoxy) is 1. The first-order valence-electron chi connectivity index (χ1n) is 7.91. The summed E-state index contributed by atoms with van der Waals surface area (Å²) in [6, 6.07) is 13.0. The van der Waals surface area contributed by atoms with Gasteiger partial charge >= 0.3 is 0 Å². The van der Waals surface area contributed by atoms with Crippen LogP contribution in [-0.2, 0) is 11.2 Å². The third-order valence-corrected chi connectivity index (χ3v) is 4.55. The standard InChI is InChI=1S/C19H22Cl2N2O2/c1-23(2)18(14-5-4-6-16(9-14)25-3)12-22-19(24)10-13-7-8-15(20)11-17(13)21/h4-9,11,18H,10,12H2,1-3H3,(H,22,24). The van der Waals surface area contributed by atoms with Crippen LogP contribution in [-0.4, -0.2) is 38.6 Å². The SMILES string of the molecule is COc1cccc(C(CNC(=O)Cc2ccc(Cl)cc2Cl)N(C)C)c1. The predicted molar refractivity (Wildman–Crippen MR) is 103 cm³/mol. The van der Waals surface area contributed by atoms with E-state index in [0.29, 0.717) is 16.6 Å². The van der Waals surface area contributed by atoms with Crippen molar-refractivity contribution in [2.75, 3.05) is 27.7 Å². The minimum atomic E-state index is -0.0843. The topological polar surface area (TPSA) is 41.6 Å². The molecule has 0 saturated heterocycles. The molecular weight excluding hydrogens is 359 g/mol. The highest BCUT2D eigenvalue weighted by molar-refractivity contribution is 6.35. The van der Waals surface area contributed by atoms with E-state index in [1.54, 1.807) is 25.3 Å². The summed E-state index contributed by atoms with van der Waals surface area (Å²) in [5.41, 5.74) is 1.83. The van der Waals surface area contributed by atoms with Crippen molar-refractivity contribution < 1.29 is 9.53 Å². The monoisotopic (exact) mass is 380 g/mol. The zero-order chi connectivity index (χ0) is 18.4. The van der Waals surface area contributed by atoms with Crippen molar-refractivity contribution in [3.05, 3.63) is 63.6 Å². The molecule has 1 unspecified atom stereocenters. The Morgan fingerprint density at radius 1 is 1.20 bits per heavy atom. The smallest absolute Gasteiger partial charge is 0.224 e. The highest BCUT2D eigenvalue weighted by atomic mass is 35.5. The number of carbonyl (C=O) groups excluding carboxylic acids is 1. The number of halogens is 2. The molecule has 2 aromatic rings. The van der Waals surface area contributed by atoms with Gasteiger partial charge in [0.25, 0.3) is 0 Å². The fourth-order valence-electron chi connectivity index (χ4n) is 2.56. The van der Waals surface area contributed by atoms with Crippen LogP contribution in [0.15, 0.2) is 42.5 Å². The Hall–Kier alpha value is -1.75. The number of methoxy groups -OCH3 is 1. The van der Waals surface area contributed by atoms with Gasteiger partial charge in [-0.1, -0.05) is 41.4 Å². The number of benzene rings is 2. The average Bonchev–Trinajstić information content (AvgIpc) is 2.57. The van der Waals surface area contributed by atoms with Crippen molar-refractivity contribution in [3.8, 4) is 5.75 Å². The van der Waals surface area contributed by atoms with Crippen molar-refractivity contribution in [3.63, 3.8) is 0 Å². The third kappa shape index (κ3) is 5.63. The van der Waals surface area contributed by atoms with Crippen LogP contribution in [0.2, 0.25) is 10.0 Å². The van der Waals surface area contributed by atoms with Gasteiger partial charge < -0.3 is 15.0 Å². The first kappa shape index (κ1) is 19.6. The van der Waals surface area contributed by atoms with Gasteiger partial charge in [0.05, 0.1) is 19.6 Å². The number of amides is 1. The van der Waals surface area contributed by atoms with E-state index < -0.39 is 0 Å². The maximum absolute atomic E-state index is 12.3. The van der Waals surface area contributed by atoms with Gasteiger partial charge in [-0.25, -0.2) is 0 Å². The molecule has 1 atom stereocenters. The molecule has 25 heavy (non-hydrogen) atoms. The quantitative estimate of drug-likeness (QED) is 0.789. The number of hydrogen-bond acceptors (Lipinski definition) is 3. The van der Waals surface area contributed by atoms with Gasteiger partial charge in [-0.15, -0.1) is 0 Å². The Balaban J connectivity index is 2.01. The van der Waals surface area contributed by atoms with E-state index in [2.05, 4.69) is 10.2 Å². The molecule has 2 rings (SSSR count). The minimum Gasteiger partial charge on any atom is -0.497 e. The maximum atomic E-state index is 12.3. The molecule has 0 heterocycles. The van der Waals surface area contributed by atoms with E-state index in [9.17, 15) is 4.79 Å². The van der Waals surface area contributed by atoms with E-state index >= 15 is 0 Å². The second kappa shape index (κ2) is 9.09. The molecule has 0 spiro atoms. The summed E-state index contributed by atoms with van der Waals surface area (Å²) in [4.78, 5) is 14.3. The number of likely N-dealkylation sites (N-methyl/N-ethyl adjacent to an activating group) is 1. The van der Waals surface area contributed by atoms with Crippen LogP contribution in [0, 0.1) is 0 Å². The van der Waals surface area contributed by atoms with E-state index in [1.807, 2.05) is 38.4 Å². The van der Waals surface area contributed by atoms with Crippen LogP contribution in [0.3, 0.4) is 0 Å². The van der Waals surface area contributed by atoms with Crippen molar-refractivity contribution in [2.45, 2.75) is 12.5 Å². The molecular formula is C19H22Cl2N2O2. The molecule has 4 nitrogen and oxygen atoms in total. The molecule has 0 saturated carbocycles. The van der Waals surface area contributed by atoms with Gasteiger partial charge in [-0.3, -0.25) is 4.79 Å². The Labute approximate surface area is 158 Å². The Bertz CT molecular complexity index is 735. The zero-order valence-electron chi connectivity index (χ0n) is 14.6. The van der Waals surface area contributed by atoms with Crippen LogP contribution in [0.1, 0.15) is 17.2 Å². The van der Waals surface area contributed by atoms with E-state index in [4.69, 9.17) is 27.9 Å². The van der Waals surface area contributed by atoms with E-state index in [-0.39, 0.29) is 18.4 Å². The van der Waals surface area contributed by atoms with Gasteiger partial charge in [0.1, 0.15) is 5.75 Å². The van der Waals surface area contributed by atoms with E-state index in [1.165, 1.54) is 0 Å². The highest BCUT2D eigenvalue weighted by Crippen LogP contribution is 2.23. The molecule has 0 bridgehead atoms. The second-order valence-corrected chi connectivity index (χ2v) is 6.82. The van der Waals surface area contributed by atoms with Crippen molar-refractivity contribution >= 4 is 29.1 Å². The Morgan fingerprint density at radius 3 is 2.60 bits per heavy atom. The van der Waals surface area contributed by atoms with Crippen LogP contribution in [0.25, 0.3) is 0 Å². The molecule has 0 aliphatic rings. The molecule has 1 N–H and O–H groups in total. The van der Waals surface area contributed by atoms with E-state index in [0.717, 1.165) is 16.9 Å². The number of nitrogens with one attached hydrogen (secondary N) is 1. The number of carbonyl (C=O) groups is 1. The van der Waals surface area contributed by atoms with Gasteiger partial charge in [0, 0.05) is 16.6 Å². The summed E-state index contributed by atoms with van der Waals surface area (Å²) in [5, 5.41) is 4.03. The normalized spacial score (nSPS) is 12.1. The first-order valence-corrected chi connectivity index (χ1v) is 8.67. The molecule has 0 fully saturated rings. The summed E-state index contributed by atoms with van der Waals surface area (Å²) >= 11 is 12.0. The lowest BCUT2D eigenvalue weighted by Gasteiger charge is -2.25. The number of hydrogen-bond donors (Lipinski definition) is 1. The predicted octanol–water partition coefficient (Wildman–Crippen LogP) is 3.96.